The Balaban J connectivity index is 2.24. The van der Waals surface area contributed by atoms with Gasteiger partial charge in [0, 0.05) is 13.1 Å². The van der Waals surface area contributed by atoms with Gasteiger partial charge in [0.25, 0.3) is 0 Å². The van der Waals surface area contributed by atoms with Crippen molar-refractivity contribution >= 4 is 5.91 Å². The lowest BCUT2D eigenvalue weighted by Gasteiger charge is -2.29. The molecule has 0 aromatic carbocycles. The zero-order valence-electron chi connectivity index (χ0n) is 11.2. The lowest BCUT2D eigenvalue weighted by atomic mass is 9.89. The number of carbonyl (C=O) groups excluding carboxylic acids is 1. The zero-order valence-corrected chi connectivity index (χ0v) is 11.2. The van der Waals surface area contributed by atoms with E-state index in [1.807, 2.05) is 0 Å². The van der Waals surface area contributed by atoms with Crippen LogP contribution in [0.4, 0.5) is 0 Å². The molecule has 0 spiro atoms. The van der Waals surface area contributed by atoms with E-state index in [0.717, 1.165) is 19.0 Å². The molecule has 0 aliphatic heterocycles. The van der Waals surface area contributed by atoms with E-state index in [-0.39, 0.29) is 0 Å². The van der Waals surface area contributed by atoms with Gasteiger partial charge in [0.1, 0.15) is 0 Å². The summed E-state index contributed by atoms with van der Waals surface area (Å²) in [4.78, 5) is 13.4. The van der Waals surface area contributed by atoms with E-state index in [2.05, 4.69) is 11.9 Å². The van der Waals surface area contributed by atoms with Crippen molar-refractivity contribution in [1.82, 2.24) is 4.90 Å². The van der Waals surface area contributed by atoms with Gasteiger partial charge in [-0.25, -0.2) is 0 Å². The highest BCUT2D eigenvalue weighted by atomic mass is 16.1. The van der Waals surface area contributed by atoms with Crippen molar-refractivity contribution in [2.45, 2.75) is 51.0 Å². The Morgan fingerprint density at radius 3 is 2.47 bits per heavy atom. The predicted octanol–water partition coefficient (Wildman–Crippen LogP) is 1.09. The summed E-state index contributed by atoms with van der Waals surface area (Å²) in [6, 6.07) is 0. The second-order valence-corrected chi connectivity index (χ2v) is 5.80. The monoisotopic (exact) mass is 241 g/mol. The van der Waals surface area contributed by atoms with Crippen LogP contribution in [0.25, 0.3) is 0 Å². The van der Waals surface area contributed by atoms with Crippen LogP contribution in [0.3, 0.4) is 0 Å². The normalized spacial score (nSPS) is 21.4. The van der Waals surface area contributed by atoms with E-state index in [1.54, 1.807) is 6.92 Å². The van der Waals surface area contributed by atoms with Crippen LogP contribution < -0.4 is 11.5 Å². The van der Waals surface area contributed by atoms with E-state index in [9.17, 15) is 4.79 Å². The lowest BCUT2D eigenvalue weighted by molar-refractivity contribution is -0.122. The van der Waals surface area contributed by atoms with Gasteiger partial charge in [-0.3, -0.25) is 4.79 Å². The Bertz CT molecular complexity index is 247. The summed E-state index contributed by atoms with van der Waals surface area (Å²) in [6.07, 6.45) is 7.46. The summed E-state index contributed by atoms with van der Waals surface area (Å²) >= 11 is 0. The van der Waals surface area contributed by atoms with E-state index < -0.39 is 11.4 Å². The van der Waals surface area contributed by atoms with Crippen molar-refractivity contribution in [1.29, 1.82) is 0 Å². The van der Waals surface area contributed by atoms with Crippen molar-refractivity contribution in [3.8, 4) is 0 Å². The van der Waals surface area contributed by atoms with Gasteiger partial charge in [-0.2, -0.15) is 0 Å². The fraction of sp³-hybridized carbons (Fsp3) is 0.923. The predicted molar refractivity (Wildman–Crippen MR) is 70.5 cm³/mol. The Hall–Kier alpha value is -0.610. The highest BCUT2D eigenvalue weighted by molar-refractivity contribution is 5.83. The van der Waals surface area contributed by atoms with Gasteiger partial charge in [0.2, 0.25) is 5.91 Å². The van der Waals surface area contributed by atoms with E-state index in [4.69, 9.17) is 11.5 Å². The molecule has 4 heteroatoms. The summed E-state index contributed by atoms with van der Waals surface area (Å²) < 4.78 is 0. The Morgan fingerprint density at radius 1 is 1.35 bits per heavy atom. The third-order valence-electron chi connectivity index (χ3n) is 3.87. The molecule has 1 aliphatic carbocycles. The van der Waals surface area contributed by atoms with Crippen LogP contribution in [0.15, 0.2) is 0 Å². The Kier molecular flexibility index (Phi) is 5.40. The first-order valence-corrected chi connectivity index (χ1v) is 6.69. The third-order valence-corrected chi connectivity index (χ3v) is 3.87. The summed E-state index contributed by atoms with van der Waals surface area (Å²) in [7, 11) is 2.10. The van der Waals surface area contributed by atoms with Crippen LogP contribution >= 0.6 is 0 Å². The minimum absolute atomic E-state index is 0.413. The molecule has 17 heavy (non-hydrogen) atoms. The smallest absolute Gasteiger partial charge is 0.237 e. The first-order valence-electron chi connectivity index (χ1n) is 6.69. The summed E-state index contributed by atoms with van der Waals surface area (Å²) in [5, 5.41) is 0. The molecular formula is C13H27N3O. The average Bonchev–Trinajstić information content (AvgIpc) is 2.28. The van der Waals surface area contributed by atoms with Crippen molar-refractivity contribution in [2.75, 3.05) is 20.1 Å². The van der Waals surface area contributed by atoms with Crippen LogP contribution in [0.2, 0.25) is 0 Å². The molecule has 0 bridgehead atoms. The molecule has 0 radical (unpaired) electrons. The van der Waals surface area contributed by atoms with Gasteiger partial charge in [-0.05, 0) is 39.2 Å². The molecule has 0 aromatic rings. The number of hydrogen-bond acceptors (Lipinski definition) is 3. The molecule has 4 N–H and O–H groups in total. The first-order chi connectivity index (χ1) is 7.92. The molecule has 1 saturated carbocycles. The molecule has 1 amide bonds. The minimum Gasteiger partial charge on any atom is -0.368 e. The first kappa shape index (κ1) is 14.5. The van der Waals surface area contributed by atoms with Gasteiger partial charge in [-0.15, -0.1) is 0 Å². The average molecular weight is 241 g/mol. The van der Waals surface area contributed by atoms with Gasteiger partial charge in [0.15, 0.2) is 0 Å². The molecule has 1 atom stereocenters. The van der Waals surface area contributed by atoms with Gasteiger partial charge in [0.05, 0.1) is 5.54 Å². The molecule has 100 valence electrons. The topological polar surface area (TPSA) is 72.3 Å². The van der Waals surface area contributed by atoms with Crippen LogP contribution in [-0.2, 0) is 4.79 Å². The van der Waals surface area contributed by atoms with Crippen LogP contribution in [0, 0.1) is 5.92 Å². The highest BCUT2D eigenvalue weighted by Crippen LogP contribution is 2.24. The Labute approximate surface area is 105 Å². The second kappa shape index (κ2) is 6.36. The highest BCUT2D eigenvalue weighted by Gasteiger charge is 2.26. The summed E-state index contributed by atoms with van der Waals surface area (Å²) in [5.74, 6) is 0.412. The quantitative estimate of drug-likeness (QED) is 0.731. The van der Waals surface area contributed by atoms with E-state index in [1.165, 1.54) is 32.1 Å². The van der Waals surface area contributed by atoms with Crippen molar-refractivity contribution in [3.05, 3.63) is 0 Å². The maximum atomic E-state index is 11.1. The number of amides is 1. The molecule has 0 aromatic heterocycles. The number of nitrogens with two attached hydrogens (primary N) is 2. The van der Waals surface area contributed by atoms with Crippen LogP contribution in [0.1, 0.15) is 45.4 Å². The SMILES string of the molecule is CN(CCC(C)(N)C(N)=O)CC1CCCCC1. The Morgan fingerprint density at radius 2 is 1.94 bits per heavy atom. The number of primary amides is 1. The maximum Gasteiger partial charge on any atom is 0.237 e. The molecule has 1 unspecified atom stereocenters. The molecule has 1 aliphatic rings. The summed E-state index contributed by atoms with van der Waals surface area (Å²) in [6.45, 7) is 3.67. The van der Waals surface area contributed by atoms with Crippen LogP contribution in [-0.4, -0.2) is 36.5 Å². The number of nitrogens with zero attached hydrogens (tertiary/aromatic N) is 1. The third kappa shape index (κ3) is 5.04. The molecule has 4 nitrogen and oxygen atoms in total. The number of hydrogen-bond donors (Lipinski definition) is 2. The van der Waals surface area contributed by atoms with Gasteiger partial charge in [-0.1, -0.05) is 19.3 Å². The lowest BCUT2D eigenvalue weighted by Crippen LogP contribution is -2.51. The molecule has 0 heterocycles. The number of rotatable bonds is 6. The maximum absolute atomic E-state index is 11.1. The van der Waals surface area contributed by atoms with Crippen molar-refractivity contribution in [3.63, 3.8) is 0 Å². The minimum atomic E-state index is -0.874. The molecule has 1 fully saturated rings. The van der Waals surface area contributed by atoms with Crippen molar-refractivity contribution in [2.24, 2.45) is 17.4 Å². The van der Waals surface area contributed by atoms with Crippen molar-refractivity contribution < 1.29 is 4.79 Å². The van der Waals surface area contributed by atoms with Gasteiger partial charge < -0.3 is 16.4 Å². The molecular weight excluding hydrogens is 214 g/mol. The molecule has 0 saturated heterocycles. The fourth-order valence-corrected chi connectivity index (χ4v) is 2.45. The largest absolute Gasteiger partial charge is 0.368 e. The summed E-state index contributed by atoms with van der Waals surface area (Å²) in [5.41, 5.74) is 10.2. The zero-order chi connectivity index (χ0) is 12.9. The second-order valence-electron chi connectivity index (χ2n) is 5.80. The number of carbonyl (C=O) groups is 1. The van der Waals surface area contributed by atoms with Gasteiger partial charge >= 0.3 is 0 Å². The van der Waals surface area contributed by atoms with E-state index in [0.29, 0.717) is 6.42 Å². The van der Waals surface area contributed by atoms with Crippen LogP contribution in [0.5, 0.6) is 0 Å². The molecule has 1 rings (SSSR count). The fourth-order valence-electron chi connectivity index (χ4n) is 2.45. The standard InChI is InChI=1S/C13H27N3O/c1-13(15,12(14)17)8-9-16(2)10-11-6-4-3-5-7-11/h11H,3-10,15H2,1-2H3,(H2,14,17). The van der Waals surface area contributed by atoms with E-state index >= 15 is 0 Å².